The molecule has 0 saturated carbocycles. The quantitative estimate of drug-likeness (QED) is 0.726. The van der Waals surface area contributed by atoms with Crippen molar-refractivity contribution in [3.63, 3.8) is 0 Å². The summed E-state index contributed by atoms with van der Waals surface area (Å²) in [4.78, 5) is 14.5. The summed E-state index contributed by atoms with van der Waals surface area (Å²) in [5, 5.41) is 0. The lowest BCUT2D eigenvalue weighted by Gasteiger charge is -2.42. The van der Waals surface area contributed by atoms with Crippen LogP contribution in [0.25, 0.3) is 0 Å². The average molecular weight is 365 g/mol. The van der Waals surface area contributed by atoms with Gasteiger partial charge in [0.15, 0.2) is 11.6 Å². The molecule has 1 unspecified atom stereocenters. The van der Waals surface area contributed by atoms with E-state index in [4.69, 9.17) is 14.2 Å². The Morgan fingerprint density at radius 2 is 2.15 bits per heavy atom. The minimum absolute atomic E-state index is 0.126. The Morgan fingerprint density at radius 3 is 2.81 bits per heavy atom. The molecule has 0 N–H and O–H groups in total. The number of hydrogen-bond donors (Lipinski definition) is 0. The van der Waals surface area contributed by atoms with Gasteiger partial charge in [0, 0.05) is 38.5 Å². The van der Waals surface area contributed by atoms with Crippen LogP contribution in [0.2, 0.25) is 0 Å². The molecule has 1 atom stereocenters. The molecule has 1 amide bonds. The van der Waals surface area contributed by atoms with E-state index in [9.17, 15) is 9.18 Å². The Morgan fingerprint density at radius 1 is 1.38 bits per heavy atom. The molecule has 1 aromatic rings. The predicted molar refractivity (Wildman–Crippen MR) is 96.0 cm³/mol. The van der Waals surface area contributed by atoms with Gasteiger partial charge in [0.05, 0.1) is 12.7 Å². The maximum atomic E-state index is 13.9. The average Bonchev–Trinajstić information content (AvgIpc) is 3.04. The van der Waals surface area contributed by atoms with Crippen LogP contribution < -0.4 is 4.74 Å². The van der Waals surface area contributed by atoms with E-state index in [2.05, 4.69) is 0 Å². The zero-order valence-corrected chi connectivity index (χ0v) is 15.6. The highest BCUT2D eigenvalue weighted by Gasteiger charge is 2.46. The molecule has 1 aromatic carbocycles. The van der Waals surface area contributed by atoms with Crippen molar-refractivity contribution >= 4 is 5.91 Å². The molecule has 6 heteroatoms. The molecule has 2 heterocycles. The van der Waals surface area contributed by atoms with Crippen molar-refractivity contribution in [2.45, 2.75) is 38.2 Å². The molecule has 144 valence electrons. The fourth-order valence-electron chi connectivity index (χ4n) is 4.19. The Bertz CT molecular complexity index is 628. The van der Waals surface area contributed by atoms with Crippen LogP contribution in [0.1, 0.15) is 43.0 Å². The van der Waals surface area contributed by atoms with Crippen molar-refractivity contribution in [2.75, 3.05) is 40.0 Å². The Kier molecular flexibility index (Phi) is 6.14. The highest BCUT2D eigenvalue weighted by molar-refractivity contribution is 5.94. The van der Waals surface area contributed by atoms with Gasteiger partial charge in [-0.25, -0.2) is 4.39 Å². The number of ether oxygens (including phenoxy) is 3. The van der Waals surface area contributed by atoms with Crippen LogP contribution in [0.4, 0.5) is 4.39 Å². The van der Waals surface area contributed by atoms with Crippen molar-refractivity contribution in [3.05, 3.63) is 29.6 Å². The van der Waals surface area contributed by atoms with Crippen molar-refractivity contribution in [1.82, 2.24) is 4.90 Å². The van der Waals surface area contributed by atoms with Gasteiger partial charge in [-0.3, -0.25) is 4.79 Å². The van der Waals surface area contributed by atoms with Crippen LogP contribution in [0.5, 0.6) is 5.75 Å². The van der Waals surface area contributed by atoms with Gasteiger partial charge in [0.1, 0.15) is 0 Å². The standard InChI is InChI=1S/C20H28FNO4/c1-3-25-12-6-16-7-13-26-20(16)8-10-22(11-9-20)19(23)15-4-5-18(24-2)17(21)14-15/h4-5,14,16H,3,6-13H2,1-2H3. The van der Waals surface area contributed by atoms with E-state index in [-0.39, 0.29) is 17.3 Å². The predicted octanol–water partition coefficient (Wildman–Crippen LogP) is 3.27. The molecular formula is C20H28FNO4. The van der Waals surface area contributed by atoms with E-state index in [1.807, 2.05) is 6.92 Å². The molecule has 0 radical (unpaired) electrons. The highest BCUT2D eigenvalue weighted by atomic mass is 19.1. The second-order valence-corrected chi connectivity index (χ2v) is 7.03. The first-order chi connectivity index (χ1) is 12.6. The third-order valence-corrected chi connectivity index (χ3v) is 5.71. The van der Waals surface area contributed by atoms with Crippen LogP contribution >= 0.6 is 0 Å². The van der Waals surface area contributed by atoms with Gasteiger partial charge in [-0.15, -0.1) is 0 Å². The van der Waals surface area contributed by atoms with Crippen LogP contribution in [0, 0.1) is 11.7 Å². The number of rotatable bonds is 6. The lowest BCUT2D eigenvalue weighted by Crippen LogP contribution is -2.49. The first kappa shape index (κ1) is 19.1. The molecule has 0 bridgehead atoms. The minimum Gasteiger partial charge on any atom is -0.494 e. The molecule has 2 aliphatic heterocycles. The number of benzene rings is 1. The lowest BCUT2D eigenvalue weighted by molar-refractivity contribution is -0.0669. The topological polar surface area (TPSA) is 48.0 Å². The fraction of sp³-hybridized carbons (Fsp3) is 0.650. The smallest absolute Gasteiger partial charge is 0.253 e. The van der Waals surface area contributed by atoms with Crippen LogP contribution in [0.3, 0.4) is 0 Å². The molecule has 0 aliphatic carbocycles. The second-order valence-electron chi connectivity index (χ2n) is 7.03. The third kappa shape index (κ3) is 3.86. The summed E-state index contributed by atoms with van der Waals surface area (Å²) in [6.45, 7) is 5.57. The van der Waals surface area contributed by atoms with Gasteiger partial charge in [-0.1, -0.05) is 0 Å². The van der Waals surface area contributed by atoms with E-state index in [1.165, 1.54) is 19.2 Å². The first-order valence-corrected chi connectivity index (χ1v) is 9.44. The Balaban J connectivity index is 1.60. The van der Waals surface area contributed by atoms with Crippen molar-refractivity contribution in [1.29, 1.82) is 0 Å². The summed E-state index contributed by atoms with van der Waals surface area (Å²) in [7, 11) is 1.41. The maximum absolute atomic E-state index is 13.9. The molecule has 26 heavy (non-hydrogen) atoms. The number of amides is 1. The monoisotopic (exact) mass is 365 g/mol. The number of halogens is 1. The molecule has 2 aliphatic rings. The molecule has 0 aromatic heterocycles. The lowest BCUT2D eigenvalue weighted by atomic mass is 9.78. The van der Waals surface area contributed by atoms with Crippen molar-refractivity contribution in [2.24, 2.45) is 5.92 Å². The number of nitrogens with zero attached hydrogens (tertiary/aromatic N) is 1. The largest absolute Gasteiger partial charge is 0.494 e. The molecule has 5 nitrogen and oxygen atoms in total. The summed E-state index contributed by atoms with van der Waals surface area (Å²) in [6.07, 6.45) is 3.72. The molecule has 2 fully saturated rings. The SMILES string of the molecule is CCOCCC1CCOC12CCN(C(=O)c1ccc(OC)c(F)c1)CC2. The van der Waals surface area contributed by atoms with E-state index in [1.54, 1.807) is 11.0 Å². The van der Waals surface area contributed by atoms with Gasteiger partial charge in [0.2, 0.25) is 0 Å². The molecule has 1 spiro atoms. The molecular weight excluding hydrogens is 337 g/mol. The van der Waals surface area contributed by atoms with Gasteiger partial charge >= 0.3 is 0 Å². The maximum Gasteiger partial charge on any atom is 0.253 e. The van der Waals surface area contributed by atoms with E-state index >= 15 is 0 Å². The number of carbonyl (C=O) groups excluding carboxylic acids is 1. The third-order valence-electron chi connectivity index (χ3n) is 5.71. The molecule has 2 saturated heterocycles. The Hall–Kier alpha value is -1.66. The molecule has 3 rings (SSSR count). The van der Waals surface area contributed by atoms with E-state index in [0.717, 1.165) is 45.5 Å². The van der Waals surface area contributed by atoms with E-state index in [0.29, 0.717) is 24.6 Å². The number of carbonyl (C=O) groups is 1. The highest BCUT2D eigenvalue weighted by Crippen LogP contribution is 2.42. The fourth-order valence-corrected chi connectivity index (χ4v) is 4.19. The van der Waals surface area contributed by atoms with Crippen LogP contribution in [-0.2, 0) is 9.47 Å². The summed E-state index contributed by atoms with van der Waals surface area (Å²) < 4.78 is 30.5. The zero-order valence-electron chi connectivity index (χ0n) is 15.6. The second kappa shape index (κ2) is 8.35. The van der Waals surface area contributed by atoms with Crippen molar-refractivity contribution < 1.29 is 23.4 Å². The van der Waals surface area contributed by atoms with Gasteiger partial charge in [0.25, 0.3) is 5.91 Å². The van der Waals surface area contributed by atoms with Gasteiger partial charge in [-0.2, -0.15) is 0 Å². The van der Waals surface area contributed by atoms with Gasteiger partial charge < -0.3 is 19.1 Å². The number of piperidine rings is 1. The summed E-state index contributed by atoms with van der Waals surface area (Å²) >= 11 is 0. The normalized spacial score (nSPS) is 22.0. The van der Waals surface area contributed by atoms with Crippen molar-refractivity contribution in [3.8, 4) is 5.75 Å². The van der Waals surface area contributed by atoms with Crippen LogP contribution in [-0.4, -0.2) is 56.4 Å². The van der Waals surface area contributed by atoms with Gasteiger partial charge in [-0.05, 0) is 56.7 Å². The van der Waals surface area contributed by atoms with E-state index < -0.39 is 5.82 Å². The minimum atomic E-state index is -0.512. The zero-order chi connectivity index (χ0) is 18.6. The summed E-state index contributed by atoms with van der Waals surface area (Å²) in [6, 6.07) is 4.37. The van der Waals surface area contributed by atoms with Crippen LogP contribution in [0.15, 0.2) is 18.2 Å². The number of methoxy groups -OCH3 is 1. The number of hydrogen-bond acceptors (Lipinski definition) is 4. The first-order valence-electron chi connectivity index (χ1n) is 9.44. The summed E-state index contributed by atoms with van der Waals surface area (Å²) in [5.74, 6) is -0.00686. The Labute approximate surface area is 154 Å². The summed E-state index contributed by atoms with van der Waals surface area (Å²) in [5.41, 5.74) is 0.235. The number of likely N-dealkylation sites (tertiary alicyclic amines) is 1.